The molecule has 0 heterocycles. The normalized spacial score (nSPS) is 19.1. The summed E-state index contributed by atoms with van der Waals surface area (Å²) in [6, 6.07) is 6.45. The van der Waals surface area contributed by atoms with Crippen LogP contribution in [0.15, 0.2) is 24.3 Å². The highest BCUT2D eigenvalue weighted by atomic mass is 16.4. The molecule has 88 valence electrons. The molecule has 2 nitrogen and oxygen atoms in total. The van der Waals surface area contributed by atoms with Crippen LogP contribution in [0.5, 0.6) is 0 Å². The fraction of sp³-hybridized carbons (Fsp3) is 0.500. The minimum atomic E-state index is -3.01. The molecular formula is C14H20O2. The van der Waals surface area contributed by atoms with Crippen molar-refractivity contribution in [1.82, 2.24) is 0 Å². The van der Waals surface area contributed by atoms with Gasteiger partial charge >= 0.3 is 5.97 Å². The van der Waals surface area contributed by atoms with Crippen LogP contribution >= 0.6 is 0 Å². The van der Waals surface area contributed by atoms with Crippen molar-refractivity contribution in [2.24, 2.45) is 5.92 Å². The van der Waals surface area contributed by atoms with Gasteiger partial charge in [0, 0.05) is 6.85 Å². The highest BCUT2D eigenvalue weighted by Gasteiger charge is 2.16. The molecule has 1 atom stereocenters. The van der Waals surface area contributed by atoms with Crippen LogP contribution < -0.4 is 0 Å². The Morgan fingerprint density at radius 3 is 2.50 bits per heavy atom. The maximum absolute atomic E-state index is 11.4. The van der Waals surface area contributed by atoms with Crippen molar-refractivity contribution in [3.05, 3.63) is 35.4 Å². The zero-order valence-corrected chi connectivity index (χ0v) is 9.53. The summed E-state index contributed by atoms with van der Waals surface area (Å²) in [5, 5.41) is 9.25. The first-order chi connectivity index (χ1) is 9.46. The lowest BCUT2D eigenvalue weighted by atomic mass is 9.94. The van der Waals surface area contributed by atoms with Gasteiger partial charge in [-0.25, -0.2) is 0 Å². The molecule has 0 aliphatic rings. The van der Waals surface area contributed by atoms with Gasteiger partial charge in [-0.2, -0.15) is 0 Å². The van der Waals surface area contributed by atoms with Crippen LogP contribution in [0.4, 0.5) is 0 Å². The van der Waals surface area contributed by atoms with Gasteiger partial charge in [-0.1, -0.05) is 45.0 Å². The first-order valence-electron chi connectivity index (χ1n) is 7.78. The van der Waals surface area contributed by atoms with Gasteiger partial charge in [-0.3, -0.25) is 4.79 Å². The third kappa shape index (κ3) is 3.37. The Morgan fingerprint density at radius 1 is 1.44 bits per heavy atom. The first-order valence-corrected chi connectivity index (χ1v) is 5.28. The average molecular weight is 225 g/mol. The lowest BCUT2D eigenvalue weighted by Crippen LogP contribution is -2.10. The van der Waals surface area contributed by atoms with Crippen molar-refractivity contribution >= 4 is 5.97 Å². The van der Waals surface area contributed by atoms with Crippen LogP contribution in [0.1, 0.15) is 51.0 Å². The summed E-state index contributed by atoms with van der Waals surface area (Å²) in [5.74, 6) is -2.76. The van der Waals surface area contributed by atoms with Crippen molar-refractivity contribution in [2.75, 3.05) is 0 Å². The Kier molecular flexibility index (Phi) is 2.52. The molecule has 0 aliphatic carbocycles. The lowest BCUT2D eigenvalue weighted by molar-refractivity contribution is -0.138. The van der Waals surface area contributed by atoms with Crippen molar-refractivity contribution < 1.29 is 16.8 Å². The summed E-state index contributed by atoms with van der Waals surface area (Å²) >= 11 is 0. The molecule has 0 radical (unpaired) electrons. The Morgan fingerprint density at radius 2 is 2.06 bits per heavy atom. The van der Waals surface area contributed by atoms with E-state index in [-0.39, 0.29) is 5.56 Å². The molecule has 0 amide bonds. The molecule has 1 aromatic carbocycles. The third-order valence-electron chi connectivity index (χ3n) is 2.35. The van der Waals surface area contributed by atoms with E-state index >= 15 is 0 Å². The fourth-order valence-corrected chi connectivity index (χ4v) is 1.61. The number of carbonyl (C=O) groups is 1. The van der Waals surface area contributed by atoms with Crippen LogP contribution in [0.25, 0.3) is 0 Å². The highest BCUT2D eigenvalue weighted by Crippen LogP contribution is 2.20. The number of hydrogen-bond donors (Lipinski definition) is 1. The van der Waals surface area contributed by atoms with Crippen molar-refractivity contribution in [2.45, 2.75) is 39.4 Å². The van der Waals surface area contributed by atoms with Crippen molar-refractivity contribution in [3.8, 4) is 0 Å². The Balaban J connectivity index is 3.16. The van der Waals surface area contributed by atoms with E-state index in [4.69, 9.17) is 6.85 Å². The minimum Gasteiger partial charge on any atom is -0.481 e. The molecule has 1 rings (SSSR count). The summed E-state index contributed by atoms with van der Waals surface area (Å²) in [5.41, 5.74) is 1.17. The minimum absolute atomic E-state index is 0.163. The van der Waals surface area contributed by atoms with Crippen LogP contribution in [0.3, 0.4) is 0 Å². The maximum atomic E-state index is 11.4. The predicted molar refractivity (Wildman–Crippen MR) is 65.7 cm³/mol. The second-order valence-corrected chi connectivity index (χ2v) is 4.26. The van der Waals surface area contributed by atoms with Gasteiger partial charge in [0.05, 0.1) is 5.92 Å². The van der Waals surface area contributed by atoms with Gasteiger partial charge < -0.3 is 5.11 Å². The van der Waals surface area contributed by atoms with Gasteiger partial charge in [0.1, 0.15) is 0 Å². The summed E-state index contributed by atoms with van der Waals surface area (Å²) in [7, 11) is 0. The average Bonchev–Trinajstić information content (AvgIpc) is 2.28. The molecule has 1 N–H and O–H groups in total. The molecule has 0 aliphatic heterocycles. The molecule has 0 fully saturated rings. The highest BCUT2D eigenvalue weighted by molar-refractivity contribution is 5.75. The van der Waals surface area contributed by atoms with Crippen molar-refractivity contribution in [1.29, 1.82) is 0 Å². The number of rotatable bonds is 5. The van der Waals surface area contributed by atoms with Crippen LogP contribution in [0, 0.1) is 5.92 Å². The summed E-state index contributed by atoms with van der Waals surface area (Å²) < 4.78 is 37.1. The second-order valence-electron chi connectivity index (χ2n) is 4.26. The molecule has 0 saturated heterocycles. The van der Waals surface area contributed by atoms with Gasteiger partial charge in [-0.05, 0) is 29.8 Å². The number of benzene rings is 1. The van der Waals surface area contributed by atoms with E-state index in [1.54, 1.807) is 12.1 Å². The van der Waals surface area contributed by atoms with Gasteiger partial charge in [0.25, 0.3) is 0 Å². The zero-order chi connectivity index (χ0) is 16.4. The van der Waals surface area contributed by atoms with E-state index in [9.17, 15) is 9.90 Å². The smallest absolute Gasteiger partial charge is 0.310 e. The van der Waals surface area contributed by atoms with E-state index in [1.807, 2.05) is 0 Å². The van der Waals surface area contributed by atoms with E-state index in [2.05, 4.69) is 13.8 Å². The number of carboxylic acid groups (broad SMARTS) is 1. The van der Waals surface area contributed by atoms with Gasteiger partial charge in [-0.15, -0.1) is 0 Å². The number of hydrogen-bond acceptors (Lipinski definition) is 1. The number of aliphatic carboxylic acids is 1. The van der Waals surface area contributed by atoms with Gasteiger partial charge in [0.15, 0.2) is 0 Å². The van der Waals surface area contributed by atoms with E-state index < -0.39 is 25.1 Å². The molecule has 0 aromatic heterocycles. The standard InChI is InChI=1S/C14H20O2/c1-4-13(14(15)16)12-7-5-11(6-8-12)9-10(2)3/h5-8,10,13H,4,9H2,1-3H3,(H,15,16)/i1D3,4D2. The molecule has 0 saturated carbocycles. The van der Waals surface area contributed by atoms with E-state index in [1.165, 1.54) is 12.1 Å². The van der Waals surface area contributed by atoms with E-state index in [0.29, 0.717) is 5.92 Å². The predicted octanol–water partition coefficient (Wildman–Crippen LogP) is 3.46. The maximum Gasteiger partial charge on any atom is 0.310 e. The Bertz CT molecular complexity index is 491. The Labute approximate surface area is 104 Å². The molecule has 2 heteroatoms. The Hall–Kier alpha value is -1.31. The summed E-state index contributed by atoms with van der Waals surface area (Å²) in [4.78, 5) is 11.4. The molecule has 0 spiro atoms. The van der Waals surface area contributed by atoms with Crippen molar-refractivity contribution in [3.63, 3.8) is 0 Å². The zero-order valence-electron chi connectivity index (χ0n) is 14.5. The molecule has 0 bridgehead atoms. The van der Waals surface area contributed by atoms with E-state index in [0.717, 1.165) is 12.0 Å². The molecule has 1 unspecified atom stereocenters. The monoisotopic (exact) mass is 225 g/mol. The van der Waals surface area contributed by atoms with Gasteiger partial charge in [0.2, 0.25) is 0 Å². The lowest BCUT2D eigenvalue weighted by Gasteiger charge is -2.11. The van der Waals surface area contributed by atoms with Crippen LogP contribution in [0.2, 0.25) is 0 Å². The molecular weight excluding hydrogens is 200 g/mol. The third-order valence-corrected chi connectivity index (χ3v) is 2.35. The molecule has 16 heavy (non-hydrogen) atoms. The quantitative estimate of drug-likeness (QED) is 0.833. The largest absolute Gasteiger partial charge is 0.481 e. The SMILES string of the molecule is [2H]C([2H])([2H])C([2H])([2H])C(C(=O)O)c1ccc(CC(C)C)cc1. The summed E-state index contributed by atoms with van der Waals surface area (Å²) in [6.45, 7) is 1.11. The fourth-order valence-electron chi connectivity index (χ4n) is 1.61. The van der Waals surface area contributed by atoms with Crippen LogP contribution in [-0.4, -0.2) is 11.1 Å². The topological polar surface area (TPSA) is 37.3 Å². The summed E-state index contributed by atoms with van der Waals surface area (Å²) in [6.07, 6.45) is -2.01. The first kappa shape index (κ1) is 7.10. The molecule has 1 aromatic rings. The number of carboxylic acids is 1. The van der Waals surface area contributed by atoms with Crippen LogP contribution in [-0.2, 0) is 11.2 Å². The second kappa shape index (κ2) is 5.69.